The second-order valence-electron chi connectivity index (χ2n) is 23.1. The van der Waals surface area contributed by atoms with Gasteiger partial charge >= 0.3 is 0 Å². The van der Waals surface area contributed by atoms with Gasteiger partial charge in [-0.25, -0.2) is 0 Å². The molecule has 0 saturated carbocycles. The maximum atomic E-state index is 5.18. The molecule has 16 aromatic rings. The average Bonchev–Trinajstić information content (AvgIpc) is 2.10. The minimum Gasteiger partial charge on any atom is -0.308 e. The van der Waals surface area contributed by atoms with Crippen molar-refractivity contribution in [1.29, 1.82) is 0 Å². The molecule has 4 nitrogen and oxygen atoms in total. The topological polar surface area (TPSA) is 35.6 Å². The molecule has 4 heterocycles. The molecule has 0 aliphatic rings. The van der Waals surface area contributed by atoms with Crippen LogP contribution < -0.4 is 62.2 Å². The molecule has 4 aromatic heterocycles. The highest BCUT2D eigenvalue weighted by Crippen LogP contribution is 2.33. The second-order valence-corrected chi connectivity index (χ2v) is 34.6. The summed E-state index contributed by atoms with van der Waals surface area (Å²) in [6.45, 7) is 0. The van der Waals surface area contributed by atoms with Gasteiger partial charge in [0.2, 0.25) is 0 Å². The summed E-state index contributed by atoms with van der Waals surface area (Å²) in [6.07, 6.45) is 3.88. The van der Waals surface area contributed by atoms with Gasteiger partial charge in [0.1, 0.15) is 0 Å². The second kappa shape index (κ2) is 22.5. The van der Waals surface area contributed by atoms with Crippen molar-refractivity contribution in [3.63, 3.8) is 0 Å². The number of benzene rings is 12. The highest BCUT2D eigenvalue weighted by molar-refractivity contribution is 7.21. The SMILES string of the molecule is c1ccc([Si](c2ccccc2)(c2ccc(-n3c4ccc([Si](c5ccccc5)(c5ccccc5)c5ccccc5)cc4c4ncccc43)cc2)c2ccc(-n3c4ccc([Si](c5ccccc5)(c5ccccc5)c5ccccc5)cc4c4ncccc43)cc2)cc1. The maximum Gasteiger partial charge on any atom is 0.179 e. The zero-order valence-corrected chi connectivity index (χ0v) is 51.9. The van der Waals surface area contributed by atoms with E-state index in [0.29, 0.717) is 0 Å². The maximum absolute atomic E-state index is 5.18. The number of fused-ring (bicyclic) bond motifs is 6. The van der Waals surface area contributed by atoms with E-state index in [9.17, 15) is 0 Å². The van der Waals surface area contributed by atoms with Gasteiger partial charge in [0.05, 0.1) is 33.1 Å². The molecular weight excluding hydrogens is 1130 g/mol. The molecule has 0 spiro atoms. The normalized spacial score (nSPS) is 12.0. The molecule has 0 amide bonds. The van der Waals surface area contributed by atoms with Crippen LogP contribution in [0.25, 0.3) is 55.2 Å². The van der Waals surface area contributed by atoms with Crippen LogP contribution in [0.5, 0.6) is 0 Å². The molecule has 0 bridgehead atoms. The zero-order valence-electron chi connectivity index (χ0n) is 48.9. The van der Waals surface area contributed by atoms with Gasteiger partial charge in [-0.3, -0.25) is 9.97 Å². The van der Waals surface area contributed by atoms with E-state index in [1.807, 2.05) is 12.4 Å². The van der Waals surface area contributed by atoms with E-state index in [2.05, 4.69) is 361 Å². The van der Waals surface area contributed by atoms with E-state index in [1.165, 1.54) is 62.2 Å². The molecule has 0 radical (unpaired) electrons. The number of hydrogen-bond donors (Lipinski definition) is 0. The van der Waals surface area contributed by atoms with Gasteiger partial charge in [-0.15, -0.1) is 0 Å². The van der Waals surface area contributed by atoms with Crippen molar-refractivity contribution in [3.8, 4) is 11.4 Å². The van der Waals surface area contributed by atoms with Crippen molar-refractivity contribution in [1.82, 2.24) is 19.1 Å². The number of hydrogen-bond acceptors (Lipinski definition) is 2. The van der Waals surface area contributed by atoms with E-state index in [0.717, 1.165) is 55.2 Å². The summed E-state index contributed by atoms with van der Waals surface area (Å²) < 4.78 is 4.84. The number of pyridine rings is 2. The third-order valence-electron chi connectivity index (χ3n) is 18.7. The van der Waals surface area contributed by atoms with Crippen molar-refractivity contribution < 1.29 is 0 Å². The van der Waals surface area contributed by atoms with Crippen molar-refractivity contribution in [2.45, 2.75) is 0 Å². The summed E-state index contributed by atoms with van der Waals surface area (Å²) in [5, 5.41) is 18.2. The molecule has 0 fully saturated rings. The Morgan fingerprint density at radius 3 is 0.674 bits per heavy atom. The Kier molecular flexibility index (Phi) is 13.5. The standard InChI is InChI=1S/C82H60N4Si3/c1-9-27-63(28-10-1)87(64-29-11-2-12-30-64,71-49-45-61(46-50-71)85-77-55-53-73(59-75(77)81-79(85)43-25-57-83-81)88(65-31-13-3-14-32-65,66-33-15-4-16-34-66)67-35-17-5-18-36-67)72-51-47-62(48-52-72)86-78-56-54-74(60-76(78)82-80(86)44-26-58-84-82)89(68-37-19-6-20-38-68,69-39-21-7-22-40-69)70-41-23-8-24-42-70/h1-60H. The molecule has 89 heavy (non-hydrogen) atoms. The summed E-state index contributed by atoms with van der Waals surface area (Å²) in [4.78, 5) is 10.4. The van der Waals surface area contributed by atoms with Crippen LogP contribution in [0.3, 0.4) is 0 Å². The lowest BCUT2D eigenvalue weighted by molar-refractivity contribution is 1.18. The summed E-state index contributed by atoms with van der Waals surface area (Å²) in [6, 6.07) is 132. The Morgan fingerprint density at radius 1 is 0.191 bits per heavy atom. The Balaban J connectivity index is 0.844. The fourth-order valence-electron chi connectivity index (χ4n) is 14.9. The molecule has 0 unspecified atom stereocenters. The van der Waals surface area contributed by atoms with Crippen LogP contribution >= 0.6 is 0 Å². The van der Waals surface area contributed by atoms with Gasteiger partial charge in [0.15, 0.2) is 24.2 Å². The van der Waals surface area contributed by atoms with E-state index in [4.69, 9.17) is 9.97 Å². The Hall–Kier alpha value is -10.8. The van der Waals surface area contributed by atoms with Gasteiger partial charge in [-0.1, -0.05) is 291 Å². The third kappa shape index (κ3) is 8.61. The van der Waals surface area contributed by atoms with E-state index >= 15 is 0 Å². The van der Waals surface area contributed by atoms with Crippen LogP contribution in [0.2, 0.25) is 0 Å². The predicted molar refractivity (Wildman–Crippen MR) is 382 cm³/mol. The monoisotopic (exact) mass is 1180 g/mol. The molecular formula is C82H60N4Si3. The number of nitrogens with zero attached hydrogens (tertiary/aromatic N) is 4. The van der Waals surface area contributed by atoms with Crippen LogP contribution in [-0.2, 0) is 0 Å². The van der Waals surface area contributed by atoms with Crippen LogP contribution in [0.15, 0.2) is 364 Å². The lowest BCUT2D eigenvalue weighted by atomic mass is 10.2. The van der Waals surface area contributed by atoms with Crippen LogP contribution in [0.1, 0.15) is 0 Å². The first-order valence-electron chi connectivity index (χ1n) is 30.6. The van der Waals surface area contributed by atoms with Gasteiger partial charge in [-0.05, 0) is 123 Å². The Morgan fingerprint density at radius 2 is 0.416 bits per heavy atom. The largest absolute Gasteiger partial charge is 0.308 e. The van der Waals surface area contributed by atoms with E-state index in [1.54, 1.807) is 0 Å². The van der Waals surface area contributed by atoms with Crippen molar-refractivity contribution in [2.24, 2.45) is 0 Å². The first-order chi connectivity index (χ1) is 44.2. The van der Waals surface area contributed by atoms with Gasteiger partial charge in [-0.2, -0.15) is 0 Å². The first-order valence-corrected chi connectivity index (χ1v) is 36.6. The molecule has 0 aliphatic heterocycles. The van der Waals surface area contributed by atoms with Gasteiger partial charge < -0.3 is 9.13 Å². The first kappa shape index (κ1) is 53.6. The molecule has 16 rings (SSSR count). The lowest BCUT2D eigenvalue weighted by Crippen LogP contribution is -2.74. The summed E-state index contributed by atoms with van der Waals surface area (Å²) >= 11 is 0. The minimum atomic E-state index is -3.01. The Labute approximate surface area is 521 Å². The van der Waals surface area contributed by atoms with Gasteiger partial charge in [0, 0.05) is 34.5 Å². The molecule has 7 heteroatoms. The molecule has 12 aromatic carbocycles. The highest BCUT2D eigenvalue weighted by Gasteiger charge is 2.44. The predicted octanol–water partition coefficient (Wildman–Crippen LogP) is 10.8. The fourth-order valence-corrected chi connectivity index (χ4v) is 29.2. The number of aromatic nitrogens is 4. The van der Waals surface area contributed by atoms with Crippen LogP contribution in [-0.4, -0.2) is 43.3 Å². The quantitative estimate of drug-likeness (QED) is 0.0804. The lowest BCUT2D eigenvalue weighted by Gasteiger charge is -2.35. The molecule has 0 atom stereocenters. The average molecular weight is 1190 g/mol. The van der Waals surface area contributed by atoms with Crippen LogP contribution in [0.4, 0.5) is 0 Å². The summed E-state index contributed by atoms with van der Waals surface area (Å²) in [5.41, 5.74) is 8.55. The zero-order chi connectivity index (χ0) is 59.2. The molecule has 0 aliphatic carbocycles. The summed E-state index contributed by atoms with van der Waals surface area (Å²) in [5.74, 6) is 0. The fraction of sp³-hybridized carbons (Fsp3) is 0. The van der Waals surface area contributed by atoms with E-state index in [-0.39, 0.29) is 0 Å². The highest BCUT2D eigenvalue weighted by atomic mass is 28.3. The minimum absolute atomic E-state index is 0.990. The van der Waals surface area contributed by atoms with Crippen LogP contribution in [0, 0.1) is 0 Å². The van der Waals surface area contributed by atoms with Crippen molar-refractivity contribution in [3.05, 3.63) is 364 Å². The summed E-state index contributed by atoms with van der Waals surface area (Å²) in [7, 11) is -8.66. The van der Waals surface area contributed by atoms with E-state index < -0.39 is 24.2 Å². The smallest absolute Gasteiger partial charge is 0.179 e. The third-order valence-corrected chi connectivity index (χ3v) is 33.0. The molecule has 0 N–H and O–H groups in total. The Bertz CT molecular complexity index is 4620. The molecule has 0 saturated heterocycles. The number of rotatable bonds is 14. The molecule has 420 valence electrons. The van der Waals surface area contributed by atoms with Crippen molar-refractivity contribution >= 4 is 130 Å². The van der Waals surface area contributed by atoms with Gasteiger partial charge in [0.25, 0.3) is 0 Å². The van der Waals surface area contributed by atoms with Crippen molar-refractivity contribution in [2.75, 3.05) is 0 Å².